The molecule has 3 heteroatoms. The van der Waals surface area contributed by atoms with E-state index in [0.717, 1.165) is 13.0 Å². The summed E-state index contributed by atoms with van der Waals surface area (Å²) in [5.41, 5.74) is 1.25. The topological polar surface area (TPSA) is 23.6 Å². The highest BCUT2D eigenvalue weighted by Crippen LogP contribution is 2.27. The van der Waals surface area contributed by atoms with Gasteiger partial charge in [-0.25, -0.2) is 0 Å². The van der Waals surface area contributed by atoms with Crippen LogP contribution in [0.25, 0.3) is 0 Å². The van der Waals surface area contributed by atoms with Crippen LogP contribution in [0.2, 0.25) is 0 Å². The summed E-state index contributed by atoms with van der Waals surface area (Å²) in [6, 6.07) is 10.7. The molecule has 1 fully saturated rings. The zero-order valence-corrected chi connectivity index (χ0v) is 13.6. The summed E-state index contributed by atoms with van der Waals surface area (Å²) in [4.78, 5) is 16.6. The molecule has 2 atom stereocenters. The Morgan fingerprint density at radius 3 is 2.48 bits per heavy atom. The lowest BCUT2D eigenvalue weighted by molar-refractivity contribution is -0.134. The fourth-order valence-corrected chi connectivity index (χ4v) is 3.35. The van der Waals surface area contributed by atoms with Crippen molar-refractivity contribution >= 4 is 5.91 Å². The van der Waals surface area contributed by atoms with E-state index < -0.39 is 0 Å². The Hall–Kier alpha value is -1.35. The Morgan fingerprint density at radius 2 is 1.81 bits per heavy atom. The van der Waals surface area contributed by atoms with Crippen molar-refractivity contribution in [2.24, 2.45) is 5.92 Å². The van der Waals surface area contributed by atoms with Crippen LogP contribution in [0.15, 0.2) is 30.3 Å². The zero-order chi connectivity index (χ0) is 15.2. The van der Waals surface area contributed by atoms with Crippen molar-refractivity contribution in [1.29, 1.82) is 0 Å². The van der Waals surface area contributed by atoms with Crippen molar-refractivity contribution in [2.45, 2.75) is 45.2 Å². The van der Waals surface area contributed by atoms with Crippen molar-refractivity contribution in [3.63, 3.8) is 0 Å². The molecular formula is C18H28N2O. The molecule has 116 valence electrons. The van der Waals surface area contributed by atoms with Gasteiger partial charge in [0.1, 0.15) is 0 Å². The average molecular weight is 288 g/mol. The molecule has 3 nitrogen and oxygen atoms in total. The summed E-state index contributed by atoms with van der Waals surface area (Å²) in [7, 11) is 3.99. The van der Waals surface area contributed by atoms with Crippen molar-refractivity contribution in [2.75, 3.05) is 20.6 Å². The van der Waals surface area contributed by atoms with Crippen LogP contribution in [0, 0.1) is 5.92 Å². The molecule has 21 heavy (non-hydrogen) atoms. The molecule has 0 saturated heterocycles. The van der Waals surface area contributed by atoms with Crippen LogP contribution in [0.5, 0.6) is 0 Å². The second kappa shape index (κ2) is 7.60. The van der Waals surface area contributed by atoms with Crippen LogP contribution in [0.3, 0.4) is 0 Å². The Bertz CT molecular complexity index is 446. The van der Waals surface area contributed by atoms with Gasteiger partial charge in [-0.05, 0) is 31.4 Å². The molecule has 0 aromatic heterocycles. The summed E-state index contributed by atoms with van der Waals surface area (Å²) in [6.07, 6.45) is 4.98. The number of carbonyl (C=O) groups excluding carboxylic acids is 1. The van der Waals surface area contributed by atoms with Crippen molar-refractivity contribution in [3.05, 3.63) is 35.9 Å². The van der Waals surface area contributed by atoms with E-state index in [4.69, 9.17) is 0 Å². The summed E-state index contributed by atoms with van der Waals surface area (Å²) in [6.45, 7) is 3.59. The smallest absolute Gasteiger partial charge is 0.236 e. The fourth-order valence-electron chi connectivity index (χ4n) is 3.35. The minimum atomic E-state index is 0.243. The van der Waals surface area contributed by atoms with Crippen LogP contribution >= 0.6 is 0 Å². The van der Waals surface area contributed by atoms with E-state index >= 15 is 0 Å². The van der Waals surface area contributed by atoms with Crippen molar-refractivity contribution in [1.82, 2.24) is 9.80 Å². The van der Waals surface area contributed by atoms with E-state index in [-0.39, 0.29) is 5.91 Å². The molecule has 1 amide bonds. The number of hydrogen-bond acceptors (Lipinski definition) is 2. The molecule has 0 heterocycles. The maximum Gasteiger partial charge on any atom is 0.236 e. The number of rotatable bonds is 5. The Labute approximate surface area is 128 Å². The molecule has 1 aromatic rings. The number of hydrogen-bond donors (Lipinski definition) is 0. The first kappa shape index (κ1) is 16.0. The fraction of sp³-hybridized carbons (Fsp3) is 0.611. The number of carbonyl (C=O) groups is 1. The van der Waals surface area contributed by atoms with E-state index in [1.807, 2.05) is 37.2 Å². The molecular weight excluding hydrogens is 260 g/mol. The number of amides is 1. The van der Waals surface area contributed by atoms with Gasteiger partial charge in [0.2, 0.25) is 5.91 Å². The molecule has 0 N–H and O–H groups in total. The SMILES string of the molecule is CC1CCCCC1N(C)C(=O)CN(C)Cc1ccccc1. The molecule has 1 aromatic carbocycles. The molecule has 2 unspecified atom stereocenters. The van der Waals surface area contributed by atoms with Gasteiger partial charge in [-0.1, -0.05) is 50.1 Å². The van der Waals surface area contributed by atoms with Gasteiger partial charge < -0.3 is 4.90 Å². The average Bonchev–Trinajstić information content (AvgIpc) is 2.48. The summed E-state index contributed by atoms with van der Waals surface area (Å²) in [5.74, 6) is 0.874. The lowest BCUT2D eigenvalue weighted by Crippen LogP contribution is -2.46. The van der Waals surface area contributed by atoms with Gasteiger partial charge >= 0.3 is 0 Å². The first-order chi connectivity index (χ1) is 10.1. The standard InChI is InChI=1S/C18H28N2O/c1-15-9-7-8-12-17(15)20(3)18(21)14-19(2)13-16-10-5-4-6-11-16/h4-6,10-11,15,17H,7-9,12-14H2,1-3H3. The van der Waals surface area contributed by atoms with Crippen LogP contribution in [0.1, 0.15) is 38.2 Å². The predicted octanol–water partition coefficient (Wildman–Crippen LogP) is 3.16. The number of nitrogens with zero attached hydrogens (tertiary/aromatic N) is 2. The van der Waals surface area contributed by atoms with Gasteiger partial charge in [0.25, 0.3) is 0 Å². The Balaban J connectivity index is 1.85. The van der Waals surface area contributed by atoms with Crippen molar-refractivity contribution in [3.8, 4) is 0 Å². The third kappa shape index (κ3) is 4.57. The lowest BCUT2D eigenvalue weighted by Gasteiger charge is -2.37. The number of likely N-dealkylation sites (N-methyl/N-ethyl adjacent to an activating group) is 2. The summed E-state index contributed by atoms with van der Waals surface area (Å²) >= 11 is 0. The molecule has 0 aliphatic heterocycles. The molecule has 2 rings (SSSR count). The van der Waals surface area contributed by atoms with E-state index in [1.54, 1.807) is 0 Å². The summed E-state index contributed by atoms with van der Waals surface area (Å²) in [5, 5.41) is 0. The van der Waals surface area contributed by atoms with Crippen LogP contribution in [0.4, 0.5) is 0 Å². The molecule has 1 aliphatic carbocycles. The normalized spacial score (nSPS) is 22.3. The highest BCUT2D eigenvalue weighted by atomic mass is 16.2. The maximum absolute atomic E-state index is 12.5. The highest BCUT2D eigenvalue weighted by Gasteiger charge is 2.27. The third-order valence-corrected chi connectivity index (χ3v) is 4.66. The number of benzene rings is 1. The van der Waals surface area contributed by atoms with Crippen LogP contribution in [-0.4, -0.2) is 42.4 Å². The Morgan fingerprint density at radius 1 is 1.14 bits per heavy atom. The first-order valence-electron chi connectivity index (χ1n) is 8.06. The monoisotopic (exact) mass is 288 g/mol. The van der Waals surface area contributed by atoms with Crippen LogP contribution in [-0.2, 0) is 11.3 Å². The van der Waals surface area contributed by atoms with E-state index in [0.29, 0.717) is 18.5 Å². The van der Waals surface area contributed by atoms with Gasteiger partial charge in [0.05, 0.1) is 6.54 Å². The van der Waals surface area contributed by atoms with E-state index in [9.17, 15) is 4.79 Å². The predicted molar refractivity (Wildman–Crippen MR) is 87.0 cm³/mol. The summed E-state index contributed by atoms with van der Waals surface area (Å²) < 4.78 is 0. The second-order valence-corrected chi connectivity index (χ2v) is 6.49. The van der Waals surface area contributed by atoms with Gasteiger partial charge in [-0.15, -0.1) is 0 Å². The zero-order valence-electron chi connectivity index (χ0n) is 13.6. The minimum Gasteiger partial charge on any atom is -0.341 e. The Kier molecular flexibility index (Phi) is 5.80. The largest absolute Gasteiger partial charge is 0.341 e. The van der Waals surface area contributed by atoms with Gasteiger partial charge in [-0.2, -0.15) is 0 Å². The van der Waals surface area contributed by atoms with Gasteiger partial charge in [0, 0.05) is 19.6 Å². The highest BCUT2D eigenvalue weighted by molar-refractivity contribution is 5.78. The maximum atomic E-state index is 12.5. The molecule has 0 spiro atoms. The second-order valence-electron chi connectivity index (χ2n) is 6.49. The van der Waals surface area contributed by atoms with Gasteiger partial charge in [-0.3, -0.25) is 9.69 Å². The third-order valence-electron chi connectivity index (χ3n) is 4.66. The molecule has 0 bridgehead atoms. The molecule has 1 saturated carbocycles. The molecule has 0 radical (unpaired) electrons. The van der Waals surface area contributed by atoms with Crippen LogP contribution < -0.4 is 0 Å². The van der Waals surface area contributed by atoms with Crippen molar-refractivity contribution < 1.29 is 4.79 Å². The van der Waals surface area contributed by atoms with Gasteiger partial charge in [0.15, 0.2) is 0 Å². The molecule has 1 aliphatic rings. The quantitative estimate of drug-likeness (QED) is 0.831. The van der Waals surface area contributed by atoms with E-state index in [1.165, 1.54) is 24.8 Å². The van der Waals surface area contributed by atoms with E-state index in [2.05, 4.69) is 24.0 Å². The lowest BCUT2D eigenvalue weighted by atomic mass is 9.85. The first-order valence-corrected chi connectivity index (χ1v) is 8.06. The minimum absolute atomic E-state index is 0.243.